The first-order valence-electron chi connectivity index (χ1n) is 6.41. The van der Waals surface area contributed by atoms with E-state index in [1.54, 1.807) is 26.8 Å². The highest BCUT2D eigenvalue weighted by molar-refractivity contribution is 5.75. The van der Waals surface area contributed by atoms with E-state index in [2.05, 4.69) is 0 Å². The highest BCUT2D eigenvalue weighted by Crippen LogP contribution is 2.31. The molecule has 0 saturated carbocycles. The Hall–Kier alpha value is -1.52. The van der Waals surface area contributed by atoms with Crippen LogP contribution in [0, 0.1) is 12.3 Å². The molecule has 0 spiro atoms. The van der Waals surface area contributed by atoms with Gasteiger partial charge >= 0.3 is 12.1 Å². The maximum absolute atomic E-state index is 12.7. The van der Waals surface area contributed by atoms with Crippen molar-refractivity contribution in [3.63, 3.8) is 0 Å². The Morgan fingerprint density at radius 3 is 2.30 bits per heavy atom. The lowest BCUT2D eigenvalue weighted by atomic mass is 9.91. The fraction of sp³-hybridized carbons (Fsp3) is 0.533. The largest absolute Gasteiger partial charge is 0.460 e. The van der Waals surface area contributed by atoms with Crippen LogP contribution in [0.3, 0.4) is 0 Å². The van der Waals surface area contributed by atoms with Gasteiger partial charge in [-0.1, -0.05) is 18.6 Å². The molecule has 2 nitrogen and oxygen atoms in total. The average molecular weight is 288 g/mol. The van der Waals surface area contributed by atoms with E-state index in [0.29, 0.717) is 17.5 Å². The maximum Gasteiger partial charge on any atom is 0.416 e. The molecular formula is C15H19F3O2. The third-order valence-corrected chi connectivity index (χ3v) is 3.27. The Bertz CT molecular complexity index is 490. The number of halogens is 3. The van der Waals surface area contributed by atoms with E-state index in [0.717, 1.165) is 12.1 Å². The number of carbonyl (C=O) groups is 1. The standard InChI is InChI=1S/C15H19F3O2/c1-5-14(3,4)13(19)20-9-11-6-10(2)7-12(8-11)15(16,17)18/h6-8H,5,9H2,1-4H3. The zero-order valence-corrected chi connectivity index (χ0v) is 12.1. The van der Waals surface area contributed by atoms with Crippen molar-refractivity contribution in [3.05, 3.63) is 34.9 Å². The Balaban J connectivity index is 2.84. The van der Waals surface area contributed by atoms with E-state index in [-0.39, 0.29) is 6.61 Å². The number of benzene rings is 1. The van der Waals surface area contributed by atoms with Crippen molar-refractivity contribution in [1.82, 2.24) is 0 Å². The molecule has 0 unspecified atom stereocenters. The zero-order chi connectivity index (χ0) is 15.6. The first-order chi connectivity index (χ1) is 9.06. The molecule has 20 heavy (non-hydrogen) atoms. The third-order valence-electron chi connectivity index (χ3n) is 3.27. The topological polar surface area (TPSA) is 26.3 Å². The lowest BCUT2D eigenvalue weighted by Gasteiger charge is -2.20. The zero-order valence-electron chi connectivity index (χ0n) is 12.1. The van der Waals surface area contributed by atoms with Crippen LogP contribution in [0.2, 0.25) is 0 Å². The van der Waals surface area contributed by atoms with Crippen LogP contribution >= 0.6 is 0 Å². The molecule has 1 rings (SSSR count). The van der Waals surface area contributed by atoms with Crippen molar-refractivity contribution < 1.29 is 22.7 Å². The highest BCUT2D eigenvalue weighted by Gasteiger charge is 2.31. The molecular weight excluding hydrogens is 269 g/mol. The van der Waals surface area contributed by atoms with Gasteiger partial charge in [0.15, 0.2) is 0 Å². The normalized spacial score (nSPS) is 12.3. The second-order valence-electron chi connectivity index (χ2n) is 5.52. The minimum absolute atomic E-state index is 0.146. The smallest absolute Gasteiger partial charge is 0.416 e. The van der Waals surface area contributed by atoms with E-state index in [9.17, 15) is 18.0 Å². The molecule has 0 N–H and O–H groups in total. The summed E-state index contributed by atoms with van der Waals surface area (Å²) >= 11 is 0. The van der Waals surface area contributed by atoms with Gasteiger partial charge in [0.2, 0.25) is 0 Å². The van der Waals surface area contributed by atoms with E-state index in [1.807, 2.05) is 6.92 Å². The average Bonchev–Trinajstić information content (AvgIpc) is 2.34. The Morgan fingerprint density at radius 1 is 1.20 bits per heavy atom. The monoisotopic (exact) mass is 288 g/mol. The van der Waals surface area contributed by atoms with Crippen LogP contribution in [-0.2, 0) is 22.3 Å². The summed E-state index contributed by atoms with van der Waals surface area (Å²) in [6.45, 7) is 6.78. The predicted molar refractivity (Wildman–Crippen MR) is 70.0 cm³/mol. The molecule has 0 amide bonds. The molecule has 0 bridgehead atoms. The summed E-state index contributed by atoms with van der Waals surface area (Å²) < 4.78 is 43.1. The number of aryl methyl sites for hydroxylation is 1. The van der Waals surface area contributed by atoms with Gasteiger partial charge in [-0.3, -0.25) is 4.79 Å². The maximum atomic E-state index is 12.7. The van der Waals surface area contributed by atoms with Gasteiger partial charge in [0.25, 0.3) is 0 Å². The molecule has 1 aromatic rings. The molecule has 0 aliphatic carbocycles. The SMILES string of the molecule is CCC(C)(C)C(=O)OCc1cc(C)cc(C(F)(F)F)c1. The van der Waals surface area contributed by atoms with Gasteiger partial charge in [0.05, 0.1) is 11.0 Å². The minimum Gasteiger partial charge on any atom is -0.460 e. The van der Waals surface area contributed by atoms with E-state index in [1.165, 1.54) is 0 Å². The van der Waals surface area contributed by atoms with Crippen LogP contribution in [0.15, 0.2) is 18.2 Å². The van der Waals surface area contributed by atoms with Gasteiger partial charge < -0.3 is 4.74 Å². The molecule has 0 atom stereocenters. The van der Waals surface area contributed by atoms with Gasteiger partial charge in [-0.15, -0.1) is 0 Å². The summed E-state index contributed by atoms with van der Waals surface area (Å²) in [7, 11) is 0. The van der Waals surface area contributed by atoms with Crippen molar-refractivity contribution in [3.8, 4) is 0 Å². The summed E-state index contributed by atoms with van der Waals surface area (Å²) in [6.07, 6.45) is -3.79. The van der Waals surface area contributed by atoms with Gasteiger partial charge in [-0.2, -0.15) is 13.2 Å². The minimum atomic E-state index is -4.40. The second kappa shape index (κ2) is 5.85. The van der Waals surface area contributed by atoms with Crippen molar-refractivity contribution in [2.75, 3.05) is 0 Å². The van der Waals surface area contributed by atoms with Crippen molar-refractivity contribution in [1.29, 1.82) is 0 Å². The Kier molecular flexibility index (Phi) is 4.84. The van der Waals surface area contributed by atoms with Crippen LogP contribution in [0.5, 0.6) is 0 Å². The molecule has 112 valence electrons. The molecule has 0 aliphatic rings. The number of hydrogen-bond acceptors (Lipinski definition) is 2. The second-order valence-corrected chi connectivity index (χ2v) is 5.52. The lowest BCUT2D eigenvalue weighted by molar-refractivity contribution is -0.155. The fourth-order valence-electron chi connectivity index (χ4n) is 1.60. The van der Waals surface area contributed by atoms with Crippen LogP contribution in [-0.4, -0.2) is 5.97 Å². The quantitative estimate of drug-likeness (QED) is 0.763. The van der Waals surface area contributed by atoms with Crippen molar-refractivity contribution in [2.45, 2.75) is 46.9 Å². The van der Waals surface area contributed by atoms with Crippen LogP contribution in [0.4, 0.5) is 13.2 Å². The molecule has 0 aliphatic heterocycles. The summed E-state index contributed by atoms with van der Waals surface area (Å²) in [5, 5.41) is 0. The van der Waals surface area contributed by atoms with Crippen LogP contribution in [0.1, 0.15) is 43.9 Å². The van der Waals surface area contributed by atoms with Gasteiger partial charge in [0.1, 0.15) is 6.61 Å². The van der Waals surface area contributed by atoms with Gasteiger partial charge in [-0.05, 0) is 44.9 Å². The summed E-state index contributed by atoms with van der Waals surface area (Å²) in [6, 6.07) is 3.67. The van der Waals surface area contributed by atoms with Crippen molar-refractivity contribution in [2.24, 2.45) is 5.41 Å². The fourth-order valence-corrected chi connectivity index (χ4v) is 1.60. The number of esters is 1. The molecule has 0 radical (unpaired) electrons. The predicted octanol–water partition coefficient (Wildman–Crippen LogP) is 4.49. The van der Waals surface area contributed by atoms with Crippen LogP contribution in [0.25, 0.3) is 0 Å². The first-order valence-corrected chi connectivity index (χ1v) is 6.41. The highest BCUT2D eigenvalue weighted by atomic mass is 19.4. The molecule has 1 aromatic carbocycles. The Morgan fingerprint density at radius 2 is 1.80 bits per heavy atom. The summed E-state index contributed by atoms with van der Waals surface area (Å²) in [5.74, 6) is -0.407. The Labute approximate surface area is 116 Å². The lowest BCUT2D eigenvalue weighted by Crippen LogP contribution is -2.25. The molecule has 0 fully saturated rings. The van der Waals surface area contributed by atoms with Gasteiger partial charge in [0, 0.05) is 0 Å². The summed E-state index contributed by atoms with van der Waals surface area (Å²) in [5.41, 5.74) is -0.520. The van der Waals surface area contributed by atoms with Crippen molar-refractivity contribution >= 4 is 5.97 Å². The van der Waals surface area contributed by atoms with Crippen LogP contribution < -0.4 is 0 Å². The van der Waals surface area contributed by atoms with Gasteiger partial charge in [-0.25, -0.2) is 0 Å². The van der Waals surface area contributed by atoms with E-state index >= 15 is 0 Å². The molecule has 0 saturated heterocycles. The van der Waals surface area contributed by atoms with E-state index < -0.39 is 23.1 Å². The number of carbonyl (C=O) groups excluding carboxylic acids is 1. The first kappa shape index (κ1) is 16.5. The number of alkyl halides is 3. The number of rotatable bonds is 4. The van der Waals surface area contributed by atoms with E-state index in [4.69, 9.17) is 4.74 Å². The molecule has 0 heterocycles. The number of hydrogen-bond donors (Lipinski definition) is 0. The summed E-state index contributed by atoms with van der Waals surface area (Å²) in [4.78, 5) is 11.8. The molecule has 5 heteroatoms. The number of ether oxygens (including phenoxy) is 1. The molecule has 0 aromatic heterocycles. The third kappa shape index (κ3) is 4.25.